The largest absolute Gasteiger partial charge is 0.383 e. The Hall–Kier alpha value is -2.84. The van der Waals surface area contributed by atoms with Gasteiger partial charge in [0.15, 0.2) is 11.6 Å². The number of rotatable bonds is 4. The molecule has 5 nitrogen and oxygen atoms in total. The Morgan fingerprint density at radius 1 is 1.07 bits per heavy atom. The molecule has 3 N–H and O–H groups in total. The number of hydrogen-bond donors (Lipinski definition) is 3. The summed E-state index contributed by atoms with van der Waals surface area (Å²) in [6.07, 6.45) is 0. The summed E-state index contributed by atoms with van der Waals surface area (Å²) in [4.78, 5) is 24.5. The number of anilines is 1. The quantitative estimate of drug-likeness (QED) is 0.599. The van der Waals surface area contributed by atoms with Crippen LogP contribution in [0.2, 0.25) is 0 Å². The molecule has 2 aromatic carbocycles. The molecule has 0 aliphatic carbocycles. The molecule has 0 radical (unpaired) electrons. The average molecular weight is 390 g/mol. The number of nitrogens with one attached hydrogen (secondary N) is 2. The van der Waals surface area contributed by atoms with E-state index < -0.39 is 29.0 Å². The monoisotopic (exact) mass is 390 g/mol. The Morgan fingerprint density at radius 3 is 2.52 bits per heavy atom. The number of halogens is 2. The molecule has 1 atom stereocenters. The fourth-order valence-electron chi connectivity index (χ4n) is 2.43. The molecular weight excluding hydrogens is 374 g/mol. The van der Waals surface area contributed by atoms with Crippen molar-refractivity contribution in [1.29, 1.82) is 0 Å². The van der Waals surface area contributed by atoms with Crippen molar-refractivity contribution in [2.24, 2.45) is 0 Å². The SMILES string of the molecule is CC(O)(CNC(=O)C(=O)Nc1ccc(F)c(F)c1)c1cc2ccccc2s1. The van der Waals surface area contributed by atoms with Crippen LogP contribution in [0, 0.1) is 11.6 Å². The highest BCUT2D eigenvalue weighted by Gasteiger charge is 2.27. The highest BCUT2D eigenvalue weighted by atomic mass is 32.1. The molecular formula is C19H16F2N2O3S. The molecule has 0 fully saturated rings. The van der Waals surface area contributed by atoms with E-state index in [2.05, 4.69) is 10.6 Å². The Morgan fingerprint density at radius 2 is 1.81 bits per heavy atom. The maximum atomic E-state index is 13.2. The standard InChI is InChI=1S/C19H16F2N2O3S/c1-19(26,16-8-11-4-2-3-5-15(11)27-16)10-22-17(24)18(25)23-12-6-7-13(20)14(21)9-12/h2-9,26H,10H2,1H3,(H,22,24)(H,23,25). The van der Waals surface area contributed by atoms with Crippen LogP contribution >= 0.6 is 11.3 Å². The van der Waals surface area contributed by atoms with Crippen LogP contribution in [-0.2, 0) is 15.2 Å². The third-order valence-electron chi connectivity index (χ3n) is 3.93. The number of fused-ring (bicyclic) bond motifs is 1. The van der Waals surface area contributed by atoms with Gasteiger partial charge in [0.25, 0.3) is 0 Å². The van der Waals surface area contributed by atoms with Gasteiger partial charge in [0.2, 0.25) is 0 Å². The predicted octanol–water partition coefficient (Wildman–Crippen LogP) is 3.14. The minimum atomic E-state index is -1.37. The molecule has 3 rings (SSSR count). The first kappa shape index (κ1) is 18.9. The molecule has 0 aliphatic heterocycles. The van der Waals surface area contributed by atoms with E-state index in [4.69, 9.17) is 0 Å². The zero-order valence-electron chi connectivity index (χ0n) is 14.3. The molecule has 0 bridgehead atoms. The Kier molecular flexibility index (Phi) is 5.20. The maximum absolute atomic E-state index is 13.2. The minimum absolute atomic E-state index is 0.0506. The van der Waals surface area contributed by atoms with Crippen molar-refractivity contribution in [1.82, 2.24) is 5.32 Å². The van der Waals surface area contributed by atoms with Gasteiger partial charge in [-0.2, -0.15) is 0 Å². The predicted molar refractivity (Wildman–Crippen MR) is 99.4 cm³/mol. The summed E-state index contributed by atoms with van der Waals surface area (Å²) >= 11 is 1.39. The summed E-state index contributed by atoms with van der Waals surface area (Å²) in [6, 6.07) is 12.2. The van der Waals surface area contributed by atoms with E-state index in [1.807, 2.05) is 30.3 Å². The van der Waals surface area contributed by atoms with E-state index in [0.717, 1.165) is 28.3 Å². The lowest BCUT2D eigenvalue weighted by Gasteiger charge is -2.22. The van der Waals surface area contributed by atoms with Crippen molar-refractivity contribution >= 4 is 38.9 Å². The Balaban J connectivity index is 1.62. The molecule has 1 heterocycles. The van der Waals surface area contributed by atoms with Gasteiger partial charge in [0.05, 0.1) is 6.54 Å². The zero-order valence-corrected chi connectivity index (χ0v) is 15.1. The van der Waals surface area contributed by atoms with Gasteiger partial charge in [-0.15, -0.1) is 11.3 Å². The van der Waals surface area contributed by atoms with Gasteiger partial charge in [-0.1, -0.05) is 18.2 Å². The normalized spacial score (nSPS) is 13.2. The summed E-state index contributed by atoms with van der Waals surface area (Å²) in [6.45, 7) is 1.34. The molecule has 0 saturated heterocycles. The molecule has 0 saturated carbocycles. The Bertz CT molecular complexity index is 984. The van der Waals surface area contributed by atoms with E-state index in [-0.39, 0.29) is 12.2 Å². The molecule has 8 heteroatoms. The molecule has 2 amide bonds. The van der Waals surface area contributed by atoms with Gasteiger partial charge in [-0.25, -0.2) is 8.78 Å². The number of carbonyl (C=O) groups is 2. The lowest BCUT2D eigenvalue weighted by molar-refractivity contribution is -0.136. The summed E-state index contributed by atoms with van der Waals surface area (Å²) < 4.78 is 27.0. The van der Waals surface area contributed by atoms with Crippen LogP contribution < -0.4 is 10.6 Å². The lowest BCUT2D eigenvalue weighted by Crippen LogP contribution is -2.43. The van der Waals surface area contributed by atoms with Crippen molar-refractivity contribution in [3.05, 3.63) is 65.0 Å². The highest BCUT2D eigenvalue weighted by molar-refractivity contribution is 7.19. The van der Waals surface area contributed by atoms with Crippen molar-refractivity contribution < 1.29 is 23.5 Å². The topological polar surface area (TPSA) is 78.4 Å². The molecule has 0 aliphatic rings. The third kappa shape index (κ3) is 4.29. The second-order valence-electron chi connectivity index (χ2n) is 6.19. The molecule has 3 aromatic rings. The first-order chi connectivity index (χ1) is 12.8. The first-order valence-corrected chi connectivity index (χ1v) is 8.83. The maximum Gasteiger partial charge on any atom is 0.313 e. The Labute approximate surface area is 157 Å². The van der Waals surface area contributed by atoms with Crippen LogP contribution in [0.3, 0.4) is 0 Å². The summed E-state index contributed by atoms with van der Waals surface area (Å²) in [5, 5.41) is 16.1. The van der Waals surface area contributed by atoms with Crippen LogP contribution in [-0.4, -0.2) is 23.5 Å². The van der Waals surface area contributed by atoms with Gasteiger partial charge in [0.1, 0.15) is 5.60 Å². The van der Waals surface area contributed by atoms with Crippen LogP contribution in [0.15, 0.2) is 48.5 Å². The highest BCUT2D eigenvalue weighted by Crippen LogP contribution is 2.32. The van der Waals surface area contributed by atoms with E-state index in [1.165, 1.54) is 18.3 Å². The molecule has 0 spiro atoms. The number of aliphatic hydroxyl groups is 1. The first-order valence-electron chi connectivity index (χ1n) is 8.02. The smallest absolute Gasteiger partial charge is 0.313 e. The van der Waals surface area contributed by atoms with Gasteiger partial charge in [0, 0.05) is 21.3 Å². The summed E-state index contributed by atoms with van der Waals surface area (Å²) in [5.74, 6) is -4.24. The van der Waals surface area contributed by atoms with Crippen molar-refractivity contribution in [2.45, 2.75) is 12.5 Å². The lowest BCUT2D eigenvalue weighted by atomic mass is 10.0. The number of benzene rings is 2. The van der Waals surface area contributed by atoms with Gasteiger partial charge in [-0.05, 0) is 36.6 Å². The van der Waals surface area contributed by atoms with Gasteiger partial charge in [-0.3, -0.25) is 9.59 Å². The fourth-order valence-corrected chi connectivity index (χ4v) is 3.54. The number of carbonyl (C=O) groups excluding carboxylic acids is 2. The third-order valence-corrected chi connectivity index (χ3v) is 5.30. The second kappa shape index (κ2) is 7.42. The molecule has 27 heavy (non-hydrogen) atoms. The number of hydrogen-bond acceptors (Lipinski definition) is 4. The summed E-state index contributed by atoms with van der Waals surface area (Å²) in [5.41, 5.74) is -1.42. The molecule has 140 valence electrons. The van der Waals surface area contributed by atoms with E-state index >= 15 is 0 Å². The van der Waals surface area contributed by atoms with E-state index in [9.17, 15) is 23.5 Å². The van der Waals surface area contributed by atoms with Crippen molar-refractivity contribution in [2.75, 3.05) is 11.9 Å². The van der Waals surface area contributed by atoms with Crippen LogP contribution in [0.25, 0.3) is 10.1 Å². The number of amides is 2. The van der Waals surface area contributed by atoms with Crippen LogP contribution in [0.4, 0.5) is 14.5 Å². The average Bonchev–Trinajstić information content (AvgIpc) is 3.08. The van der Waals surface area contributed by atoms with Crippen molar-refractivity contribution in [3.8, 4) is 0 Å². The fraction of sp³-hybridized carbons (Fsp3) is 0.158. The second-order valence-corrected chi connectivity index (χ2v) is 7.27. The van der Waals surface area contributed by atoms with Gasteiger partial charge >= 0.3 is 11.8 Å². The van der Waals surface area contributed by atoms with Crippen molar-refractivity contribution in [3.63, 3.8) is 0 Å². The number of thiophene rings is 1. The van der Waals surface area contributed by atoms with Crippen LogP contribution in [0.1, 0.15) is 11.8 Å². The zero-order chi connectivity index (χ0) is 19.6. The minimum Gasteiger partial charge on any atom is -0.383 e. The summed E-state index contributed by atoms with van der Waals surface area (Å²) in [7, 11) is 0. The molecule has 1 unspecified atom stereocenters. The van der Waals surface area contributed by atoms with E-state index in [0.29, 0.717) is 4.88 Å². The van der Waals surface area contributed by atoms with E-state index in [1.54, 1.807) is 0 Å². The van der Waals surface area contributed by atoms with Gasteiger partial charge < -0.3 is 15.7 Å². The van der Waals surface area contributed by atoms with Crippen LogP contribution in [0.5, 0.6) is 0 Å². The molecule has 1 aromatic heterocycles.